The number of aromatic nitrogens is 4. The van der Waals surface area contributed by atoms with Gasteiger partial charge in [-0.2, -0.15) is 10.2 Å². The number of nitrogens with zero attached hydrogens (tertiary/aromatic N) is 5. The zero-order valence-corrected chi connectivity index (χ0v) is 15.1. The van der Waals surface area contributed by atoms with Crippen molar-refractivity contribution in [1.82, 2.24) is 24.5 Å². The van der Waals surface area contributed by atoms with Crippen LogP contribution in [0, 0.1) is 0 Å². The summed E-state index contributed by atoms with van der Waals surface area (Å²) in [6.07, 6.45) is 4.37. The molecule has 0 saturated heterocycles. The summed E-state index contributed by atoms with van der Waals surface area (Å²) in [6, 6.07) is 12.6. The lowest BCUT2D eigenvalue weighted by molar-refractivity contribution is 0.193. The summed E-state index contributed by atoms with van der Waals surface area (Å²) in [6.45, 7) is 6.28. The quantitative estimate of drug-likeness (QED) is 0.768. The minimum absolute atomic E-state index is 0.516. The van der Waals surface area contributed by atoms with Crippen molar-refractivity contribution in [2.45, 2.75) is 45.6 Å². The molecule has 26 heavy (non-hydrogen) atoms. The molecule has 0 spiro atoms. The molecule has 6 heteroatoms. The van der Waals surface area contributed by atoms with Crippen molar-refractivity contribution in [3.63, 3.8) is 0 Å². The number of aliphatic hydroxyl groups excluding tert-OH is 1. The molecule has 136 valence electrons. The van der Waals surface area contributed by atoms with E-state index in [4.69, 9.17) is 0 Å². The molecule has 0 aliphatic carbocycles. The van der Waals surface area contributed by atoms with Crippen molar-refractivity contribution in [2.24, 2.45) is 0 Å². The Morgan fingerprint density at radius 1 is 1.12 bits per heavy atom. The molecule has 1 aliphatic rings. The fourth-order valence-electron chi connectivity index (χ4n) is 3.57. The highest BCUT2D eigenvalue weighted by Gasteiger charge is 2.19. The first-order chi connectivity index (χ1) is 12.7. The Hall–Kier alpha value is -2.44. The SMILES string of the molecule is C[C@H](O)c1cc2n(n1)CCCN(Cc1ccccc1Cn1cccn1)C2. The van der Waals surface area contributed by atoms with Gasteiger partial charge in [-0.1, -0.05) is 24.3 Å². The zero-order valence-electron chi connectivity index (χ0n) is 15.1. The van der Waals surface area contributed by atoms with Crippen molar-refractivity contribution in [2.75, 3.05) is 6.54 Å². The molecule has 4 rings (SSSR count). The molecule has 1 aromatic carbocycles. The maximum atomic E-state index is 9.81. The maximum absolute atomic E-state index is 9.81. The number of aryl methyl sites for hydroxylation is 1. The monoisotopic (exact) mass is 351 g/mol. The molecular formula is C20H25N5O. The molecule has 1 atom stereocenters. The van der Waals surface area contributed by atoms with E-state index in [0.717, 1.165) is 44.8 Å². The molecule has 0 radical (unpaired) electrons. The number of aliphatic hydroxyl groups is 1. The van der Waals surface area contributed by atoms with Gasteiger partial charge < -0.3 is 5.11 Å². The van der Waals surface area contributed by atoms with Crippen LogP contribution in [0.15, 0.2) is 48.8 Å². The standard InChI is InChI=1S/C20H25N5O/c1-16(26)20-12-19-15-23(9-5-11-25(19)22-20)13-17-6-2-3-7-18(17)14-24-10-4-8-21-24/h2-4,6-8,10,12,16,26H,5,9,11,13-15H2,1H3/t16-/m0/s1. The zero-order chi connectivity index (χ0) is 17.9. The third kappa shape index (κ3) is 3.71. The number of hydrogen-bond donors (Lipinski definition) is 1. The number of fused-ring (bicyclic) bond motifs is 1. The number of hydrogen-bond acceptors (Lipinski definition) is 4. The summed E-state index contributed by atoms with van der Waals surface area (Å²) in [7, 11) is 0. The van der Waals surface area contributed by atoms with Crippen LogP contribution in [0.5, 0.6) is 0 Å². The summed E-state index contributed by atoms with van der Waals surface area (Å²) in [4.78, 5) is 2.47. The van der Waals surface area contributed by atoms with Crippen LogP contribution in [0.4, 0.5) is 0 Å². The number of benzene rings is 1. The smallest absolute Gasteiger partial charge is 0.0950 e. The van der Waals surface area contributed by atoms with Gasteiger partial charge in [-0.3, -0.25) is 14.3 Å². The molecule has 0 fully saturated rings. The van der Waals surface area contributed by atoms with Gasteiger partial charge in [0.15, 0.2) is 0 Å². The van der Waals surface area contributed by atoms with Gasteiger partial charge in [0.1, 0.15) is 0 Å². The normalized spacial score (nSPS) is 16.2. The topological polar surface area (TPSA) is 59.1 Å². The first-order valence-corrected chi connectivity index (χ1v) is 9.20. The molecular weight excluding hydrogens is 326 g/mol. The molecule has 6 nitrogen and oxygen atoms in total. The number of rotatable bonds is 5. The van der Waals surface area contributed by atoms with E-state index in [0.29, 0.717) is 0 Å². The van der Waals surface area contributed by atoms with Crippen molar-refractivity contribution in [1.29, 1.82) is 0 Å². The van der Waals surface area contributed by atoms with Crippen LogP contribution in [0.1, 0.15) is 42.0 Å². The minimum Gasteiger partial charge on any atom is -0.387 e. The van der Waals surface area contributed by atoms with Gasteiger partial charge in [-0.15, -0.1) is 0 Å². The van der Waals surface area contributed by atoms with E-state index in [9.17, 15) is 5.11 Å². The van der Waals surface area contributed by atoms with E-state index in [1.165, 1.54) is 16.8 Å². The highest BCUT2D eigenvalue weighted by Crippen LogP contribution is 2.20. The second kappa shape index (κ2) is 7.43. The second-order valence-electron chi connectivity index (χ2n) is 7.00. The summed E-state index contributed by atoms with van der Waals surface area (Å²) in [5.41, 5.74) is 4.59. The van der Waals surface area contributed by atoms with Gasteiger partial charge in [0, 0.05) is 38.6 Å². The van der Waals surface area contributed by atoms with Gasteiger partial charge in [0.2, 0.25) is 0 Å². The van der Waals surface area contributed by atoms with E-state index >= 15 is 0 Å². The van der Waals surface area contributed by atoms with Gasteiger partial charge in [0.05, 0.1) is 24.0 Å². The van der Waals surface area contributed by atoms with Crippen molar-refractivity contribution in [3.8, 4) is 0 Å². The predicted octanol–water partition coefficient (Wildman–Crippen LogP) is 2.59. The first kappa shape index (κ1) is 17.0. The highest BCUT2D eigenvalue weighted by atomic mass is 16.3. The van der Waals surface area contributed by atoms with Crippen LogP contribution in [0.3, 0.4) is 0 Å². The Morgan fingerprint density at radius 3 is 2.65 bits per heavy atom. The van der Waals surface area contributed by atoms with Crippen LogP contribution in [-0.2, 0) is 26.2 Å². The molecule has 1 N–H and O–H groups in total. The van der Waals surface area contributed by atoms with E-state index < -0.39 is 6.10 Å². The maximum Gasteiger partial charge on any atom is 0.0950 e. The van der Waals surface area contributed by atoms with E-state index in [1.54, 1.807) is 6.92 Å². The average Bonchev–Trinajstić information content (AvgIpc) is 3.23. The Balaban J connectivity index is 1.52. The molecule has 0 amide bonds. The van der Waals surface area contributed by atoms with Gasteiger partial charge in [0.25, 0.3) is 0 Å². The van der Waals surface area contributed by atoms with Crippen LogP contribution >= 0.6 is 0 Å². The predicted molar refractivity (Wildman–Crippen MR) is 99.4 cm³/mol. The van der Waals surface area contributed by atoms with Crippen LogP contribution in [-0.4, -0.2) is 36.1 Å². The third-order valence-electron chi connectivity index (χ3n) is 4.94. The molecule has 2 aromatic heterocycles. The second-order valence-corrected chi connectivity index (χ2v) is 7.00. The van der Waals surface area contributed by atoms with Crippen LogP contribution < -0.4 is 0 Å². The van der Waals surface area contributed by atoms with Crippen molar-refractivity contribution >= 4 is 0 Å². The Morgan fingerprint density at radius 2 is 1.92 bits per heavy atom. The van der Waals surface area contributed by atoms with Crippen molar-refractivity contribution in [3.05, 3.63) is 71.3 Å². The lowest BCUT2D eigenvalue weighted by Gasteiger charge is -2.21. The van der Waals surface area contributed by atoms with Gasteiger partial charge in [-0.05, 0) is 36.6 Å². The summed E-state index contributed by atoms with van der Waals surface area (Å²) in [5.74, 6) is 0. The first-order valence-electron chi connectivity index (χ1n) is 9.20. The molecule has 0 saturated carbocycles. The van der Waals surface area contributed by atoms with Gasteiger partial charge >= 0.3 is 0 Å². The van der Waals surface area contributed by atoms with Crippen LogP contribution in [0.25, 0.3) is 0 Å². The van der Waals surface area contributed by atoms with Crippen LogP contribution in [0.2, 0.25) is 0 Å². The minimum atomic E-state index is -0.516. The molecule has 0 bridgehead atoms. The van der Waals surface area contributed by atoms with Crippen molar-refractivity contribution < 1.29 is 5.11 Å². The fraction of sp³-hybridized carbons (Fsp3) is 0.400. The molecule has 3 heterocycles. The van der Waals surface area contributed by atoms with Gasteiger partial charge in [-0.25, -0.2) is 0 Å². The molecule has 0 unspecified atom stereocenters. The lowest BCUT2D eigenvalue weighted by atomic mass is 10.1. The average molecular weight is 351 g/mol. The Bertz CT molecular complexity index is 853. The van der Waals surface area contributed by atoms with E-state index in [2.05, 4.69) is 44.0 Å². The third-order valence-corrected chi connectivity index (χ3v) is 4.94. The van der Waals surface area contributed by atoms with E-state index in [1.807, 2.05) is 29.2 Å². The Labute approximate surface area is 153 Å². The fourth-order valence-corrected chi connectivity index (χ4v) is 3.57. The van der Waals surface area contributed by atoms with E-state index in [-0.39, 0.29) is 0 Å². The summed E-state index contributed by atoms with van der Waals surface area (Å²) in [5, 5.41) is 18.7. The molecule has 1 aliphatic heterocycles. The highest BCUT2D eigenvalue weighted by molar-refractivity contribution is 5.27. The summed E-state index contributed by atoms with van der Waals surface area (Å²) >= 11 is 0. The Kier molecular flexibility index (Phi) is 4.86. The largest absolute Gasteiger partial charge is 0.387 e. The molecule has 3 aromatic rings. The lowest BCUT2D eigenvalue weighted by Crippen LogP contribution is -2.23. The summed E-state index contributed by atoms with van der Waals surface area (Å²) < 4.78 is 4.02.